The lowest BCUT2D eigenvalue weighted by Crippen LogP contribution is -2.25. The third-order valence-corrected chi connectivity index (χ3v) is 2.62. The standard InChI is InChI=1S/C13H19N3O5/c1-13(2,7-11(18)19)6-8(17)14-12-15-9(20-3)5-10(16-12)21-4/h5H,6-7H2,1-4H3,(H,18,19)(H,14,15,16,17). The zero-order valence-corrected chi connectivity index (χ0v) is 12.5. The molecule has 0 aliphatic carbocycles. The molecular weight excluding hydrogens is 278 g/mol. The van der Waals surface area contributed by atoms with Crippen LogP contribution < -0.4 is 14.8 Å². The van der Waals surface area contributed by atoms with Crippen LogP contribution in [-0.2, 0) is 9.59 Å². The molecule has 1 aromatic rings. The van der Waals surface area contributed by atoms with Crippen molar-refractivity contribution in [1.29, 1.82) is 0 Å². The molecule has 0 atom stereocenters. The van der Waals surface area contributed by atoms with E-state index in [2.05, 4.69) is 15.3 Å². The molecule has 1 heterocycles. The van der Waals surface area contributed by atoms with Crippen LogP contribution in [0.3, 0.4) is 0 Å². The molecule has 0 aromatic carbocycles. The third-order valence-electron chi connectivity index (χ3n) is 2.62. The molecule has 1 rings (SSSR count). The molecule has 0 aliphatic heterocycles. The number of amides is 1. The SMILES string of the molecule is COc1cc(OC)nc(NC(=O)CC(C)(C)CC(=O)O)n1. The van der Waals surface area contributed by atoms with Crippen molar-refractivity contribution in [2.75, 3.05) is 19.5 Å². The molecule has 1 amide bonds. The van der Waals surface area contributed by atoms with Crippen molar-refractivity contribution in [3.05, 3.63) is 6.07 Å². The highest BCUT2D eigenvalue weighted by Crippen LogP contribution is 2.25. The highest BCUT2D eigenvalue weighted by Gasteiger charge is 2.25. The number of anilines is 1. The lowest BCUT2D eigenvalue weighted by Gasteiger charge is -2.21. The van der Waals surface area contributed by atoms with Crippen molar-refractivity contribution in [3.63, 3.8) is 0 Å². The number of carbonyl (C=O) groups excluding carboxylic acids is 1. The van der Waals surface area contributed by atoms with Crippen molar-refractivity contribution in [2.24, 2.45) is 5.41 Å². The fourth-order valence-electron chi connectivity index (χ4n) is 1.74. The first-order valence-electron chi connectivity index (χ1n) is 6.24. The first-order valence-corrected chi connectivity index (χ1v) is 6.24. The molecule has 0 radical (unpaired) electrons. The Labute approximate surface area is 122 Å². The summed E-state index contributed by atoms with van der Waals surface area (Å²) in [5.74, 6) is -0.783. The van der Waals surface area contributed by atoms with Gasteiger partial charge in [-0.15, -0.1) is 0 Å². The van der Waals surface area contributed by atoms with E-state index in [9.17, 15) is 9.59 Å². The molecule has 2 N–H and O–H groups in total. The summed E-state index contributed by atoms with van der Waals surface area (Å²) in [6.07, 6.45) is -0.0785. The molecule has 1 aromatic heterocycles. The van der Waals surface area contributed by atoms with E-state index >= 15 is 0 Å². The number of nitrogens with zero attached hydrogens (tertiary/aromatic N) is 2. The van der Waals surface area contributed by atoms with Gasteiger partial charge >= 0.3 is 5.97 Å². The summed E-state index contributed by atoms with van der Waals surface area (Å²) in [6, 6.07) is 1.48. The second-order valence-corrected chi connectivity index (χ2v) is 5.24. The Hall–Kier alpha value is -2.38. The average molecular weight is 297 g/mol. The largest absolute Gasteiger partial charge is 0.481 e. The van der Waals surface area contributed by atoms with Crippen LogP contribution in [0.4, 0.5) is 5.95 Å². The fraction of sp³-hybridized carbons (Fsp3) is 0.538. The molecular formula is C13H19N3O5. The highest BCUT2D eigenvalue weighted by molar-refractivity contribution is 5.89. The first kappa shape index (κ1) is 16.7. The summed E-state index contributed by atoms with van der Waals surface area (Å²) in [4.78, 5) is 30.6. The smallest absolute Gasteiger partial charge is 0.303 e. The van der Waals surface area contributed by atoms with Gasteiger partial charge in [0, 0.05) is 6.42 Å². The Morgan fingerprint density at radius 3 is 2.14 bits per heavy atom. The van der Waals surface area contributed by atoms with Crippen LogP contribution in [0.1, 0.15) is 26.7 Å². The van der Waals surface area contributed by atoms with E-state index in [1.54, 1.807) is 13.8 Å². The molecule has 0 saturated carbocycles. The maximum Gasteiger partial charge on any atom is 0.303 e. The predicted molar refractivity (Wildman–Crippen MR) is 74.4 cm³/mol. The van der Waals surface area contributed by atoms with Crippen LogP contribution in [0.2, 0.25) is 0 Å². The van der Waals surface area contributed by atoms with Crippen LogP contribution in [0, 0.1) is 5.41 Å². The summed E-state index contributed by atoms with van der Waals surface area (Å²) in [6.45, 7) is 3.40. The number of ether oxygens (including phenoxy) is 2. The first-order chi connectivity index (χ1) is 9.75. The Kier molecular flexibility index (Phi) is 5.45. The van der Waals surface area contributed by atoms with Crippen molar-refractivity contribution in [2.45, 2.75) is 26.7 Å². The molecule has 0 spiro atoms. The molecule has 0 aliphatic rings. The summed E-state index contributed by atoms with van der Waals surface area (Å²) in [7, 11) is 2.87. The summed E-state index contributed by atoms with van der Waals surface area (Å²) in [5, 5.41) is 11.3. The maximum absolute atomic E-state index is 11.9. The number of methoxy groups -OCH3 is 2. The fourth-order valence-corrected chi connectivity index (χ4v) is 1.74. The lowest BCUT2D eigenvalue weighted by atomic mass is 9.85. The van der Waals surface area contributed by atoms with Gasteiger partial charge in [0.1, 0.15) is 0 Å². The monoisotopic (exact) mass is 297 g/mol. The Morgan fingerprint density at radius 2 is 1.71 bits per heavy atom. The highest BCUT2D eigenvalue weighted by atomic mass is 16.5. The van der Waals surface area contributed by atoms with Gasteiger partial charge in [-0.05, 0) is 5.41 Å². The van der Waals surface area contributed by atoms with E-state index in [-0.39, 0.29) is 36.5 Å². The van der Waals surface area contributed by atoms with E-state index in [1.807, 2.05) is 0 Å². The number of carbonyl (C=O) groups is 2. The van der Waals surface area contributed by atoms with Crippen molar-refractivity contribution < 1.29 is 24.2 Å². The van der Waals surface area contributed by atoms with Gasteiger partial charge in [-0.3, -0.25) is 14.9 Å². The van der Waals surface area contributed by atoms with Crippen LogP contribution in [0.5, 0.6) is 11.8 Å². The van der Waals surface area contributed by atoms with Gasteiger partial charge in [-0.25, -0.2) is 0 Å². The molecule has 8 nitrogen and oxygen atoms in total. The number of hydrogen-bond donors (Lipinski definition) is 2. The number of hydrogen-bond acceptors (Lipinski definition) is 6. The van der Waals surface area contributed by atoms with Crippen LogP contribution in [-0.4, -0.2) is 41.2 Å². The van der Waals surface area contributed by atoms with Crippen LogP contribution in [0.25, 0.3) is 0 Å². The van der Waals surface area contributed by atoms with E-state index in [0.717, 1.165) is 0 Å². The van der Waals surface area contributed by atoms with Crippen molar-refractivity contribution in [3.8, 4) is 11.8 Å². The molecule has 0 fully saturated rings. The number of aliphatic carboxylic acids is 1. The summed E-state index contributed by atoms with van der Waals surface area (Å²) in [5.41, 5.74) is -0.668. The second-order valence-electron chi connectivity index (χ2n) is 5.24. The predicted octanol–water partition coefficient (Wildman–Crippen LogP) is 1.32. The Balaban J connectivity index is 2.76. The number of nitrogens with one attached hydrogen (secondary N) is 1. The van der Waals surface area contributed by atoms with Gasteiger partial charge in [0.15, 0.2) is 0 Å². The molecule has 0 bridgehead atoms. The van der Waals surface area contributed by atoms with Gasteiger partial charge < -0.3 is 14.6 Å². The molecule has 8 heteroatoms. The minimum absolute atomic E-state index is 0.0299. The zero-order chi connectivity index (χ0) is 16.0. The minimum atomic E-state index is -0.952. The quantitative estimate of drug-likeness (QED) is 0.780. The van der Waals surface area contributed by atoms with Gasteiger partial charge in [0.2, 0.25) is 23.6 Å². The van der Waals surface area contributed by atoms with E-state index < -0.39 is 11.4 Å². The minimum Gasteiger partial charge on any atom is -0.481 e. The molecule has 21 heavy (non-hydrogen) atoms. The Bertz CT molecular complexity index is 508. The van der Waals surface area contributed by atoms with Gasteiger partial charge in [-0.2, -0.15) is 9.97 Å². The number of aromatic nitrogens is 2. The number of carboxylic acids is 1. The average Bonchev–Trinajstić information content (AvgIpc) is 2.35. The van der Waals surface area contributed by atoms with E-state index in [4.69, 9.17) is 14.6 Å². The zero-order valence-electron chi connectivity index (χ0n) is 12.5. The lowest BCUT2D eigenvalue weighted by molar-refractivity contribution is -0.139. The topological polar surface area (TPSA) is 111 Å². The summed E-state index contributed by atoms with van der Waals surface area (Å²) < 4.78 is 9.94. The molecule has 116 valence electrons. The third kappa shape index (κ3) is 5.64. The summed E-state index contributed by atoms with van der Waals surface area (Å²) >= 11 is 0. The number of rotatable bonds is 7. The molecule has 0 unspecified atom stereocenters. The van der Waals surface area contributed by atoms with Gasteiger partial charge in [0.05, 0.1) is 26.7 Å². The van der Waals surface area contributed by atoms with Crippen LogP contribution >= 0.6 is 0 Å². The normalized spacial score (nSPS) is 10.9. The van der Waals surface area contributed by atoms with Crippen molar-refractivity contribution in [1.82, 2.24) is 9.97 Å². The van der Waals surface area contributed by atoms with Crippen molar-refractivity contribution >= 4 is 17.8 Å². The second kappa shape index (κ2) is 6.87. The van der Waals surface area contributed by atoms with E-state index in [0.29, 0.717) is 0 Å². The van der Waals surface area contributed by atoms with Crippen LogP contribution in [0.15, 0.2) is 6.07 Å². The van der Waals surface area contributed by atoms with Gasteiger partial charge in [-0.1, -0.05) is 13.8 Å². The number of carboxylic acid groups (broad SMARTS) is 1. The molecule has 0 saturated heterocycles. The van der Waals surface area contributed by atoms with E-state index in [1.165, 1.54) is 20.3 Å². The van der Waals surface area contributed by atoms with Gasteiger partial charge in [0.25, 0.3) is 0 Å². The maximum atomic E-state index is 11.9. The Morgan fingerprint density at radius 1 is 1.19 bits per heavy atom.